The molecular formula is C19H29Cl2N3O2. The monoisotopic (exact) mass is 401 g/mol. The van der Waals surface area contributed by atoms with Crippen LogP contribution in [0.2, 0.25) is 5.02 Å². The molecule has 2 atom stereocenters. The molecule has 0 radical (unpaired) electrons. The van der Waals surface area contributed by atoms with Gasteiger partial charge in [-0.15, -0.1) is 12.4 Å². The van der Waals surface area contributed by atoms with Crippen LogP contribution in [0.1, 0.15) is 56.8 Å². The molecule has 1 aromatic carbocycles. The second kappa shape index (κ2) is 9.58. The molecule has 1 fully saturated rings. The molecular weight excluding hydrogens is 373 g/mol. The van der Waals surface area contributed by atoms with E-state index < -0.39 is 5.54 Å². The van der Waals surface area contributed by atoms with Crippen LogP contribution in [0.3, 0.4) is 0 Å². The van der Waals surface area contributed by atoms with E-state index in [1.165, 1.54) is 0 Å². The topological polar surface area (TPSA) is 84.2 Å². The number of hydrogen-bond donors (Lipinski definition) is 3. The van der Waals surface area contributed by atoms with E-state index in [0.717, 1.165) is 25.7 Å². The minimum Gasteiger partial charge on any atom is -0.352 e. The number of benzene rings is 1. The fourth-order valence-corrected chi connectivity index (χ4v) is 3.45. The highest BCUT2D eigenvalue weighted by atomic mass is 35.5. The Morgan fingerprint density at radius 2 is 2.04 bits per heavy atom. The lowest BCUT2D eigenvalue weighted by atomic mass is 9.74. The molecule has 5 nitrogen and oxygen atoms in total. The maximum Gasteiger partial charge on any atom is 0.252 e. The van der Waals surface area contributed by atoms with E-state index in [4.69, 9.17) is 17.3 Å². The first kappa shape index (κ1) is 22.7. The lowest BCUT2D eigenvalue weighted by Gasteiger charge is -2.37. The van der Waals surface area contributed by atoms with Gasteiger partial charge in [-0.3, -0.25) is 9.59 Å². The van der Waals surface area contributed by atoms with Crippen LogP contribution in [0.5, 0.6) is 0 Å². The number of hydrogen-bond acceptors (Lipinski definition) is 3. The Hall–Kier alpha value is -1.30. The van der Waals surface area contributed by atoms with Crippen LogP contribution in [0.25, 0.3) is 0 Å². The van der Waals surface area contributed by atoms with E-state index >= 15 is 0 Å². The highest BCUT2D eigenvalue weighted by Gasteiger charge is 2.37. The molecule has 1 aliphatic rings. The van der Waals surface area contributed by atoms with Crippen LogP contribution in [0.4, 0.5) is 5.69 Å². The fourth-order valence-electron chi connectivity index (χ4n) is 3.19. The van der Waals surface area contributed by atoms with Crippen molar-refractivity contribution in [2.24, 2.45) is 17.6 Å². The molecule has 2 rings (SSSR count). The average Bonchev–Trinajstić information content (AvgIpc) is 2.52. The molecule has 7 heteroatoms. The molecule has 2 amide bonds. The molecule has 1 saturated carbocycles. The Balaban J connectivity index is 0.00000338. The van der Waals surface area contributed by atoms with Crippen molar-refractivity contribution in [3.8, 4) is 0 Å². The van der Waals surface area contributed by atoms with Gasteiger partial charge in [0, 0.05) is 17.8 Å². The van der Waals surface area contributed by atoms with Gasteiger partial charge in [-0.2, -0.15) is 0 Å². The summed E-state index contributed by atoms with van der Waals surface area (Å²) in [5, 5.41) is 6.04. The third kappa shape index (κ3) is 5.86. The van der Waals surface area contributed by atoms with Crippen LogP contribution in [-0.4, -0.2) is 23.9 Å². The largest absolute Gasteiger partial charge is 0.352 e. The van der Waals surface area contributed by atoms with Crippen molar-refractivity contribution in [3.05, 3.63) is 28.8 Å². The summed E-state index contributed by atoms with van der Waals surface area (Å²) in [7, 11) is 0. The van der Waals surface area contributed by atoms with Gasteiger partial charge in [0.25, 0.3) is 5.91 Å². The maximum atomic E-state index is 12.6. The summed E-state index contributed by atoms with van der Waals surface area (Å²) < 4.78 is 0. The van der Waals surface area contributed by atoms with E-state index in [1.807, 2.05) is 20.8 Å². The van der Waals surface area contributed by atoms with Crippen molar-refractivity contribution < 1.29 is 9.59 Å². The van der Waals surface area contributed by atoms with Crippen molar-refractivity contribution in [1.82, 2.24) is 5.32 Å². The summed E-state index contributed by atoms with van der Waals surface area (Å²) in [5.74, 6) is -0.146. The molecule has 0 bridgehead atoms. The van der Waals surface area contributed by atoms with Gasteiger partial charge in [0.1, 0.15) is 0 Å². The van der Waals surface area contributed by atoms with Crippen molar-refractivity contribution in [2.45, 2.75) is 52.0 Å². The molecule has 2 unspecified atom stereocenters. The Labute approximate surface area is 166 Å². The van der Waals surface area contributed by atoms with E-state index in [0.29, 0.717) is 28.7 Å². The third-order valence-electron chi connectivity index (χ3n) is 4.72. The summed E-state index contributed by atoms with van der Waals surface area (Å²) in [6.45, 7) is 6.57. The number of amides is 2. The molecule has 0 aliphatic heterocycles. The first-order chi connectivity index (χ1) is 11.7. The van der Waals surface area contributed by atoms with Gasteiger partial charge in [-0.1, -0.05) is 38.3 Å². The lowest BCUT2D eigenvalue weighted by molar-refractivity contribution is -0.122. The Morgan fingerprint density at radius 1 is 1.35 bits per heavy atom. The summed E-state index contributed by atoms with van der Waals surface area (Å²) >= 11 is 6.23. The Bertz CT molecular complexity index is 648. The fraction of sp³-hybridized carbons (Fsp3) is 0.579. The summed E-state index contributed by atoms with van der Waals surface area (Å²) in [4.78, 5) is 24.7. The Kier molecular flexibility index (Phi) is 8.38. The van der Waals surface area contributed by atoms with Crippen molar-refractivity contribution in [3.63, 3.8) is 0 Å². The van der Waals surface area contributed by atoms with E-state index in [9.17, 15) is 9.59 Å². The van der Waals surface area contributed by atoms with Gasteiger partial charge in [-0.05, 0) is 43.9 Å². The smallest absolute Gasteiger partial charge is 0.252 e. The number of carbonyl (C=O) groups excluding carboxylic acids is 2. The van der Waals surface area contributed by atoms with Crippen LogP contribution in [0, 0.1) is 11.8 Å². The van der Waals surface area contributed by atoms with Gasteiger partial charge in [0.05, 0.1) is 16.5 Å². The van der Waals surface area contributed by atoms with Crippen LogP contribution in [0.15, 0.2) is 18.2 Å². The normalized spacial score (nSPS) is 22.5. The van der Waals surface area contributed by atoms with Gasteiger partial charge in [0.15, 0.2) is 0 Å². The Morgan fingerprint density at radius 3 is 2.62 bits per heavy atom. The summed E-state index contributed by atoms with van der Waals surface area (Å²) in [5.41, 5.74) is 6.79. The highest BCUT2D eigenvalue weighted by molar-refractivity contribution is 6.34. The van der Waals surface area contributed by atoms with E-state index in [-0.39, 0.29) is 30.1 Å². The number of nitrogens with one attached hydrogen (secondary N) is 2. The zero-order valence-electron chi connectivity index (χ0n) is 15.6. The van der Waals surface area contributed by atoms with Crippen molar-refractivity contribution >= 4 is 41.5 Å². The third-order valence-corrected chi connectivity index (χ3v) is 5.04. The number of anilines is 1. The average molecular weight is 402 g/mol. The number of halogens is 2. The number of rotatable bonds is 5. The highest BCUT2D eigenvalue weighted by Crippen LogP contribution is 2.32. The molecule has 4 N–H and O–H groups in total. The first-order valence-electron chi connectivity index (χ1n) is 8.88. The number of carbonyl (C=O) groups is 2. The number of nitrogens with two attached hydrogens (primary N) is 1. The molecule has 1 aliphatic carbocycles. The molecule has 0 heterocycles. The van der Waals surface area contributed by atoms with Crippen molar-refractivity contribution in [2.75, 3.05) is 11.9 Å². The SMILES string of the molecule is CC(C)CNC(=O)c1ccc(NC(=O)C2CCCCC2(C)N)cc1Cl.Cl. The van der Waals surface area contributed by atoms with E-state index in [1.54, 1.807) is 18.2 Å². The minimum absolute atomic E-state index is 0. The van der Waals surface area contributed by atoms with Crippen LogP contribution in [-0.2, 0) is 4.79 Å². The second-order valence-corrected chi connectivity index (χ2v) is 8.00. The molecule has 1 aromatic rings. The zero-order valence-corrected chi connectivity index (χ0v) is 17.2. The predicted molar refractivity (Wildman–Crippen MR) is 109 cm³/mol. The molecule has 26 heavy (non-hydrogen) atoms. The lowest BCUT2D eigenvalue weighted by Crippen LogP contribution is -2.51. The summed E-state index contributed by atoms with van der Waals surface area (Å²) in [6.07, 6.45) is 3.71. The van der Waals surface area contributed by atoms with Crippen molar-refractivity contribution in [1.29, 1.82) is 0 Å². The standard InChI is InChI=1S/C19H28ClN3O2.ClH/c1-12(2)11-22-17(24)14-8-7-13(10-16(14)20)23-18(25)15-6-4-5-9-19(15,3)21;/h7-8,10,12,15H,4-6,9,11,21H2,1-3H3,(H,22,24)(H,23,25);1H. The van der Waals surface area contributed by atoms with Crippen LogP contribution < -0.4 is 16.4 Å². The van der Waals surface area contributed by atoms with E-state index in [2.05, 4.69) is 10.6 Å². The zero-order chi connectivity index (χ0) is 18.6. The molecule has 0 spiro atoms. The van der Waals surface area contributed by atoms with Gasteiger partial charge in [-0.25, -0.2) is 0 Å². The first-order valence-corrected chi connectivity index (χ1v) is 9.26. The van der Waals surface area contributed by atoms with Gasteiger partial charge in [0.2, 0.25) is 5.91 Å². The van der Waals surface area contributed by atoms with Gasteiger partial charge < -0.3 is 16.4 Å². The maximum absolute atomic E-state index is 12.6. The summed E-state index contributed by atoms with van der Waals surface area (Å²) in [6, 6.07) is 4.95. The van der Waals surface area contributed by atoms with Crippen LogP contribution >= 0.6 is 24.0 Å². The quantitative estimate of drug-likeness (QED) is 0.696. The second-order valence-electron chi connectivity index (χ2n) is 7.59. The minimum atomic E-state index is -0.483. The molecule has 0 aromatic heterocycles. The predicted octanol–water partition coefficient (Wildman–Crippen LogP) is 3.99. The van der Waals surface area contributed by atoms with Gasteiger partial charge >= 0.3 is 0 Å². The molecule has 146 valence electrons. The molecule has 0 saturated heterocycles.